The lowest BCUT2D eigenvalue weighted by molar-refractivity contribution is -0.137. The first kappa shape index (κ1) is 88.4. The summed E-state index contributed by atoms with van der Waals surface area (Å²) < 4.78 is 0. The van der Waals surface area contributed by atoms with Crippen LogP contribution in [0.5, 0.6) is 0 Å². The number of hydrogen-bond donors (Lipinski definition) is 18. The Kier molecular flexibility index (Phi) is 32.5. The third-order valence-electron chi connectivity index (χ3n) is 21.4. The van der Waals surface area contributed by atoms with Gasteiger partial charge in [0, 0.05) is 147 Å². The van der Waals surface area contributed by atoms with Gasteiger partial charge in [0.05, 0.1) is 36.0 Å². The van der Waals surface area contributed by atoms with Crippen LogP contribution in [0.15, 0.2) is 147 Å². The van der Waals surface area contributed by atoms with E-state index in [1.807, 2.05) is 42.5 Å². The van der Waals surface area contributed by atoms with E-state index in [0.29, 0.717) is 44.5 Å². The Hall–Kier alpha value is -11.9. The summed E-state index contributed by atoms with van der Waals surface area (Å²) in [6.07, 6.45) is 6.59. The summed E-state index contributed by atoms with van der Waals surface area (Å²) in [7, 11) is 2.10. The normalized spacial score (nSPS) is 23.4. The second-order valence-corrected chi connectivity index (χ2v) is 33.4. The SMILES string of the molecule is CC(C)[C@H]1CC(=O)[C@@H]2CSSC[C@H](NC(=O)[C@H](Cc3c[nH]c4ccccc34)NC(=O)[C@H](CCCNC(=N)N)NC(=O)[C@@H](Cc3ccccc3)NC(=O)[C@H](Cc3c[nH]cn3)CC1=O)C(=O)N[C@H](C(C)C)C(=O)N[C@@H](Cc1c[nH]cn1)C(=O)N[C@H](Cc1ccccc1)C(=O)N[C@@H](CCCNC(=N)N)C(=O)C[C@@H](Cc1c[nH]c3ccccc13)C(=O)C2. The van der Waals surface area contributed by atoms with Crippen LogP contribution in [-0.4, -0.2) is 185 Å². The van der Waals surface area contributed by atoms with Gasteiger partial charge in [-0.05, 0) is 78.3 Å². The quantitative estimate of drug-likeness (QED) is 0.0195. The predicted octanol–water partition coefficient (Wildman–Crippen LogP) is 4.28. The van der Waals surface area contributed by atoms with Crippen molar-refractivity contribution in [3.8, 4) is 0 Å². The number of carbonyl (C=O) groups is 12. The maximum atomic E-state index is 16.0. The molecule has 8 aromatic rings. The van der Waals surface area contributed by atoms with E-state index in [-0.39, 0.29) is 101 Å². The number of hydrogen-bond acceptors (Lipinski definition) is 18. The second-order valence-electron chi connectivity index (χ2n) is 30.9. The molecular formula is C84H106N20O12S2. The summed E-state index contributed by atoms with van der Waals surface area (Å²) in [5, 5.41) is 45.6. The third-order valence-corrected chi connectivity index (χ3v) is 23.8. The van der Waals surface area contributed by atoms with Gasteiger partial charge in [-0.1, -0.05) is 146 Å². The van der Waals surface area contributed by atoms with Crippen LogP contribution in [0.25, 0.3) is 21.8 Å². The highest BCUT2D eigenvalue weighted by Gasteiger charge is 2.41. The number of amides is 8. The number of aromatic nitrogens is 6. The monoisotopic (exact) mass is 1650 g/mol. The van der Waals surface area contributed by atoms with Crippen LogP contribution in [0.1, 0.15) is 113 Å². The van der Waals surface area contributed by atoms with Crippen LogP contribution in [-0.2, 0) is 96.1 Å². The molecule has 0 radical (unpaired) electrons. The van der Waals surface area contributed by atoms with E-state index in [9.17, 15) is 0 Å². The number of guanidine groups is 2. The van der Waals surface area contributed by atoms with Crippen LogP contribution < -0.4 is 64.6 Å². The minimum atomic E-state index is -1.61. The summed E-state index contributed by atoms with van der Waals surface area (Å²) in [4.78, 5) is 207. The van der Waals surface area contributed by atoms with Crippen LogP contribution in [0.4, 0.5) is 0 Å². The Labute approximate surface area is 691 Å². The summed E-state index contributed by atoms with van der Waals surface area (Å²) >= 11 is 0. The molecule has 4 aromatic carbocycles. The van der Waals surface area contributed by atoms with Crippen molar-refractivity contribution in [1.82, 2.24) is 83.1 Å². The number of para-hydroxylation sites is 2. The summed E-state index contributed by atoms with van der Waals surface area (Å²) in [5.41, 5.74) is 15.9. The Bertz CT molecular complexity index is 4510. The number of aromatic amines is 4. The van der Waals surface area contributed by atoms with Crippen molar-refractivity contribution in [1.29, 1.82) is 10.8 Å². The van der Waals surface area contributed by atoms with Gasteiger partial charge >= 0.3 is 0 Å². The van der Waals surface area contributed by atoms with Crippen molar-refractivity contribution in [2.45, 2.75) is 166 Å². The van der Waals surface area contributed by atoms with Gasteiger partial charge in [-0.2, -0.15) is 0 Å². The van der Waals surface area contributed by atoms with Crippen LogP contribution >= 0.6 is 21.6 Å². The van der Waals surface area contributed by atoms with Crippen LogP contribution in [0.3, 0.4) is 0 Å². The van der Waals surface area contributed by atoms with Crippen molar-refractivity contribution in [2.24, 2.45) is 47.0 Å². The van der Waals surface area contributed by atoms with Gasteiger partial charge in [0.25, 0.3) is 0 Å². The molecule has 32 nitrogen and oxygen atoms in total. The van der Waals surface area contributed by atoms with Crippen molar-refractivity contribution < 1.29 is 57.5 Å². The molecule has 0 saturated carbocycles. The first-order valence-corrected chi connectivity index (χ1v) is 42.3. The van der Waals surface area contributed by atoms with Gasteiger partial charge < -0.3 is 84.6 Å². The van der Waals surface area contributed by atoms with Crippen molar-refractivity contribution >= 4 is 126 Å². The van der Waals surface area contributed by atoms with E-state index in [0.717, 1.165) is 32.5 Å². The molecule has 12 atom stereocenters. The first-order valence-electron chi connectivity index (χ1n) is 39.8. The van der Waals surface area contributed by atoms with Gasteiger partial charge in [-0.25, -0.2) is 9.97 Å². The Morgan fingerprint density at radius 3 is 1.42 bits per heavy atom. The van der Waals surface area contributed by atoms with Gasteiger partial charge in [0.15, 0.2) is 17.7 Å². The number of H-pyrrole nitrogens is 4. The maximum Gasteiger partial charge on any atom is 0.244 e. The fourth-order valence-corrected chi connectivity index (χ4v) is 17.3. The zero-order valence-electron chi connectivity index (χ0n) is 66.4. The highest BCUT2D eigenvalue weighted by Crippen LogP contribution is 2.34. The predicted molar refractivity (Wildman–Crippen MR) is 450 cm³/mol. The van der Waals surface area contributed by atoms with Crippen molar-refractivity contribution in [3.05, 3.63) is 180 Å². The summed E-state index contributed by atoms with van der Waals surface area (Å²) in [6, 6.07) is 20.3. The Morgan fingerprint density at radius 1 is 0.424 bits per heavy atom. The molecule has 2 aliphatic heterocycles. The molecule has 6 heterocycles. The number of rotatable bonds is 22. The smallest absolute Gasteiger partial charge is 0.244 e. The lowest BCUT2D eigenvalue weighted by atomic mass is 9.79. The highest BCUT2D eigenvalue weighted by molar-refractivity contribution is 8.76. The van der Waals surface area contributed by atoms with Crippen LogP contribution in [0.2, 0.25) is 0 Å². The lowest BCUT2D eigenvalue weighted by Gasteiger charge is -2.29. The fourth-order valence-electron chi connectivity index (χ4n) is 14.8. The molecule has 0 unspecified atom stereocenters. The zero-order chi connectivity index (χ0) is 84.4. The number of nitrogens with two attached hydrogens (primary N) is 2. The molecule has 0 aliphatic carbocycles. The van der Waals surface area contributed by atoms with Gasteiger partial charge in [-0.15, -0.1) is 0 Å². The summed E-state index contributed by atoms with van der Waals surface area (Å²) in [6.45, 7) is 6.96. The van der Waals surface area contributed by atoms with E-state index in [2.05, 4.69) is 83.1 Å². The minimum Gasteiger partial charge on any atom is -0.370 e. The zero-order valence-corrected chi connectivity index (χ0v) is 68.1. The maximum absolute atomic E-state index is 16.0. The average Bonchev–Trinajstić information content (AvgIpc) is 1.56. The number of benzene rings is 4. The van der Waals surface area contributed by atoms with Gasteiger partial charge in [-0.3, -0.25) is 68.4 Å². The molecule has 626 valence electrons. The van der Waals surface area contributed by atoms with Gasteiger partial charge in [0.2, 0.25) is 47.3 Å². The molecule has 10 rings (SSSR count). The van der Waals surface area contributed by atoms with E-state index >= 15 is 57.5 Å². The molecule has 2 bridgehead atoms. The first-order chi connectivity index (χ1) is 56.7. The lowest BCUT2D eigenvalue weighted by Crippen LogP contribution is -2.62. The molecular weight excluding hydrogens is 1550 g/mol. The molecule has 118 heavy (non-hydrogen) atoms. The molecule has 34 heteroatoms. The number of imidazole rings is 2. The number of nitrogens with one attached hydrogen (secondary N) is 16. The Balaban J connectivity index is 1.11. The van der Waals surface area contributed by atoms with E-state index in [1.165, 1.54) is 18.9 Å². The van der Waals surface area contributed by atoms with Crippen molar-refractivity contribution in [2.75, 3.05) is 24.6 Å². The van der Waals surface area contributed by atoms with Crippen molar-refractivity contribution in [3.63, 3.8) is 0 Å². The average molecular weight is 1650 g/mol. The second kappa shape index (κ2) is 43.3. The summed E-state index contributed by atoms with van der Waals surface area (Å²) in [5.74, 6) is -16.2. The fraction of sp³-hybridized carbons (Fsp3) is 0.429. The molecule has 20 N–H and O–H groups in total. The molecule has 2 fully saturated rings. The number of fused-ring (bicyclic) bond motifs is 7. The number of nitrogens with zero attached hydrogens (tertiary/aromatic N) is 2. The number of Topliss-reactive ketones (excluding diaryl/α,β-unsaturated/α-hetero) is 4. The minimum absolute atomic E-state index is 0.0466. The number of carbonyl (C=O) groups excluding carboxylic acids is 12. The molecule has 2 saturated heterocycles. The molecule has 4 aromatic heterocycles. The van der Waals surface area contributed by atoms with E-state index < -0.39 is 180 Å². The molecule has 2 aliphatic rings. The molecule has 8 amide bonds. The van der Waals surface area contributed by atoms with Gasteiger partial charge in [0.1, 0.15) is 59.6 Å². The molecule has 0 spiro atoms. The Morgan fingerprint density at radius 2 is 0.881 bits per heavy atom. The van der Waals surface area contributed by atoms with E-state index in [1.54, 1.807) is 113 Å². The van der Waals surface area contributed by atoms with Crippen LogP contribution in [0, 0.1) is 46.3 Å². The standard InChI is InChI=1S/C84H106N20O12S2/c1-47(2)60-38-71(106)55-36-70(105)51(31-53-39-93-61-23-13-11-21-58(53)61)34-73(108)63(25-15-27-91-83(85)86)97-77(111)66(30-50-19-9-6-10-20-50)100-80(114)68(37-57-42-90-46-96-57)102-82(116)74(48(3)4)104-81(115)69(44-118-117-43-55)103-79(113)67(33-54-40-94-62-24-14-12-22-59(54)62)101-76(110)64(26-16-28-92-84(87)88)98-78(112)65(29-49-17-7-5-8-18-49)99-75(109)52(35-72(60)107)32-56-41-89-45-95-56/h5-14,17-24,39-42,45-48,51-52,55,60,63-69,74,93-94H,15-16,25-38,43-44H2,1-4H3,(H,89,95)(H,90,96)(H,97,111)(H,98,112)(H,99,109)(H,100,114)(H,101,110)(H,102,116)(H,103,113)(H,104,115)(H4,85,86,91)(H4,87,88,92)/t51-,52-,55+,60-,63+,64+,65-,66-,67+,68+,69+,74-/m1/s1. The third kappa shape index (κ3) is 25.8. The topological polar surface area (TPSA) is 514 Å². The van der Waals surface area contributed by atoms with E-state index in [4.69, 9.17) is 22.3 Å². The number of ketones is 4. The largest absolute Gasteiger partial charge is 0.370 e. The highest BCUT2D eigenvalue weighted by atomic mass is 33.1.